The first kappa shape index (κ1) is 19.7. The number of para-hydroxylation sites is 1. The Balaban J connectivity index is 1.54. The number of anilines is 1. The number of carbonyl (C=O) groups is 2. The number of hydrogen-bond acceptors (Lipinski definition) is 3. The zero-order valence-corrected chi connectivity index (χ0v) is 15.7. The van der Waals surface area contributed by atoms with Crippen molar-refractivity contribution in [1.29, 1.82) is 0 Å². The molecule has 1 unspecified atom stereocenters. The number of halogens is 2. The molecule has 1 atom stereocenters. The Morgan fingerprint density at radius 2 is 1.96 bits per heavy atom. The predicted octanol–water partition coefficient (Wildman–Crippen LogP) is 2.45. The van der Waals surface area contributed by atoms with Crippen molar-refractivity contribution >= 4 is 17.5 Å². The highest BCUT2D eigenvalue weighted by atomic mass is 19.3. The van der Waals surface area contributed by atoms with E-state index in [1.165, 1.54) is 0 Å². The van der Waals surface area contributed by atoms with Gasteiger partial charge in [0.2, 0.25) is 11.8 Å². The van der Waals surface area contributed by atoms with Crippen LogP contribution in [0.25, 0.3) is 0 Å². The summed E-state index contributed by atoms with van der Waals surface area (Å²) < 4.78 is 24.9. The number of hydrogen-bond donors (Lipinski definition) is 1. The van der Waals surface area contributed by atoms with Gasteiger partial charge in [0.25, 0.3) is 6.43 Å². The fraction of sp³-hybridized carbons (Fsp3) is 0.600. The third kappa shape index (κ3) is 4.83. The van der Waals surface area contributed by atoms with Crippen LogP contribution in [0.1, 0.15) is 31.7 Å². The molecule has 0 radical (unpaired) electrons. The summed E-state index contributed by atoms with van der Waals surface area (Å²) in [6.07, 6.45) is 0.0584. The van der Waals surface area contributed by atoms with E-state index in [-0.39, 0.29) is 36.7 Å². The van der Waals surface area contributed by atoms with Crippen molar-refractivity contribution < 1.29 is 18.4 Å². The van der Waals surface area contributed by atoms with Crippen molar-refractivity contribution in [1.82, 2.24) is 10.2 Å². The molecule has 2 fully saturated rings. The van der Waals surface area contributed by atoms with E-state index in [0.717, 1.165) is 17.7 Å². The number of piperidine rings is 1. The summed E-state index contributed by atoms with van der Waals surface area (Å²) in [5.41, 5.74) is 1.99. The standard InChI is InChI=1S/C20H27F2N3O2/c1-2-14-5-3-4-6-17(14)25-12-15(11-19(25)26)20(27)23-16-7-9-24(10-8-16)13-18(21)22/h3-6,15-16,18H,2,7-13H2,1H3,(H,23,27). The Morgan fingerprint density at radius 1 is 1.26 bits per heavy atom. The molecule has 2 aliphatic rings. The minimum Gasteiger partial charge on any atom is -0.353 e. The fourth-order valence-electron chi connectivity index (χ4n) is 3.96. The van der Waals surface area contributed by atoms with Crippen LogP contribution in [-0.4, -0.2) is 55.4 Å². The lowest BCUT2D eigenvalue weighted by Crippen LogP contribution is -2.47. The molecule has 0 aromatic heterocycles. The summed E-state index contributed by atoms with van der Waals surface area (Å²) >= 11 is 0. The number of aryl methyl sites for hydroxylation is 1. The number of amides is 2. The Kier molecular flexibility index (Phi) is 6.42. The summed E-state index contributed by atoms with van der Waals surface area (Å²) in [6.45, 7) is 3.36. The van der Waals surface area contributed by atoms with Crippen LogP contribution in [0.3, 0.4) is 0 Å². The first-order valence-electron chi connectivity index (χ1n) is 9.67. The van der Waals surface area contributed by atoms with Crippen molar-refractivity contribution in [2.24, 2.45) is 5.92 Å². The van der Waals surface area contributed by atoms with Gasteiger partial charge >= 0.3 is 0 Å². The second-order valence-corrected chi connectivity index (χ2v) is 7.36. The van der Waals surface area contributed by atoms with Crippen LogP contribution in [0, 0.1) is 5.92 Å². The van der Waals surface area contributed by atoms with Crippen molar-refractivity contribution in [2.45, 2.75) is 45.1 Å². The minimum absolute atomic E-state index is 0.00139. The quantitative estimate of drug-likeness (QED) is 0.826. The van der Waals surface area contributed by atoms with Crippen LogP contribution in [-0.2, 0) is 16.0 Å². The van der Waals surface area contributed by atoms with Gasteiger partial charge in [-0.25, -0.2) is 8.78 Å². The van der Waals surface area contributed by atoms with E-state index in [1.54, 1.807) is 9.80 Å². The molecule has 2 heterocycles. The van der Waals surface area contributed by atoms with Gasteiger partial charge in [0.15, 0.2) is 0 Å². The molecule has 3 rings (SSSR count). The Labute approximate surface area is 158 Å². The molecule has 5 nitrogen and oxygen atoms in total. The van der Waals surface area contributed by atoms with E-state index in [9.17, 15) is 18.4 Å². The third-order valence-electron chi connectivity index (χ3n) is 5.49. The number of likely N-dealkylation sites (tertiary alicyclic amines) is 1. The van der Waals surface area contributed by atoms with Crippen LogP contribution in [0.15, 0.2) is 24.3 Å². The zero-order chi connectivity index (χ0) is 19.4. The van der Waals surface area contributed by atoms with Crippen LogP contribution in [0.2, 0.25) is 0 Å². The largest absolute Gasteiger partial charge is 0.353 e. The van der Waals surface area contributed by atoms with Crippen molar-refractivity contribution in [3.8, 4) is 0 Å². The Hall–Kier alpha value is -2.02. The Morgan fingerprint density at radius 3 is 2.63 bits per heavy atom. The molecule has 2 saturated heterocycles. The van der Waals surface area contributed by atoms with Crippen LogP contribution in [0.5, 0.6) is 0 Å². The van der Waals surface area contributed by atoms with Gasteiger partial charge < -0.3 is 10.2 Å². The van der Waals surface area contributed by atoms with Crippen LogP contribution >= 0.6 is 0 Å². The SMILES string of the molecule is CCc1ccccc1N1CC(C(=O)NC2CCN(CC(F)F)CC2)CC1=O. The predicted molar refractivity (Wildman–Crippen MR) is 99.9 cm³/mol. The molecule has 1 aromatic rings. The summed E-state index contributed by atoms with van der Waals surface area (Å²) in [4.78, 5) is 28.5. The maximum atomic E-state index is 12.6. The van der Waals surface area contributed by atoms with Crippen molar-refractivity contribution in [3.63, 3.8) is 0 Å². The zero-order valence-electron chi connectivity index (χ0n) is 15.7. The van der Waals surface area contributed by atoms with E-state index >= 15 is 0 Å². The van der Waals surface area contributed by atoms with Gasteiger partial charge in [-0.15, -0.1) is 0 Å². The average molecular weight is 379 g/mol. The van der Waals surface area contributed by atoms with E-state index in [4.69, 9.17) is 0 Å². The number of nitrogens with zero attached hydrogens (tertiary/aromatic N) is 2. The average Bonchev–Trinajstić information content (AvgIpc) is 3.04. The number of rotatable bonds is 6. The fourth-order valence-corrected chi connectivity index (χ4v) is 3.96. The highest BCUT2D eigenvalue weighted by molar-refractivity contribution is 6.00. The van der Waals surface area contributed by atoms with Crippen LogP contribution < -0.4 is 10.2 Å². The van der Waals surface area contributed by atoms with Gasteiger partial charge in [0.1, 0.15) is 0 Å². The lowest BCUT2D eigenvalue weighted by Gasteiger charge is -2.32. The molecule has 2 aliphatic heterocycles. The molecule has 27 heavy (non-hydrogen) atoms. The number of nitrogens with one attached hydrogen (secondary N) is 1. The molecular weight excluding hydrogens is 352 g/mol. The second-order valence-electron chi connectivity index (χ2n) is 7.36. The van der Waals surface area contributed by atoms with Crippen molar-refractivity contribution in [3.05, 3.63) is 29.8 Å². The molecule has 0 bridgehead atoms. The van der Waals surface area contributed by atoms with Gasteiger partial charge in [0.05, 0.1) is 12.5 Å². The lowest BCUT2D eigenvalue weighted by molar-refractivity contribution is -0.127. The first-order valence-corrected chi connectivity index (χ1v) is 9.67. The van der Waals surface area contributed by atoms with Gasteiger partial charge in [-0.05, 0) is 30.9 Å². The van der Waals surface area contributed by atoms with E-state index in [0.29, 0.717) is 32.5 Å². The molecule has 0 aliphatic carbocycles. The summed E-state index contributed by atoms with van der Waals surface area (Å²) in [5.74, 6) is -0.489. The smallest absolute Gasteiger partial charge is 0.251 e. The summed E-state index contributed by atoms with van der Waals surface area (Å²) in [7, 11) is 0. The van der Waals surface area contributed by atoms with Crippen LogP contribution in [0.4, 0.5) is 14.5 Å². The number of benzene rings is 1. The number of carbonyl (C=O) groups excluding carboxylic acids is 2. The van der Waals surface area contributed by atoms with Gasteiger partial charge in [-0.3, -0.25) is 14.5 Å². The first-order chi connectivity index (χ1) is 13.0. The molecule has 7 heteroatoms. The maximum absolute atomic E-state index is 12.6. The van der Waals surface area contributed by atoms with Gasteiger partial charge in [-0.2, -0.15) is 0 Å². The molecule has 0 saturated carbocycles. The molecule has 0 spiro atoms. The van der Waals surface area contributed by atoms with E-state index in [2.05, 4.69) is 5.32 Å². The maximum Gasteiger partial charge on any atom is 0.251 e. The minimum atomic E-state index is -2.32. The summed E-state index contributed by atoms with van der Waals surface area (Å²) in [6, 6.07) is 7.79. The van der Waals surface area contributed by atoms with E-state index < -0.39 is 6.43 Å². The Bertz CT molecular complexity index is 675. The number of alkyl halides is 2. The highest BCUT2D eigenvalue weighted by Crippen LogP contribution is 2.28. The lowest BCUT2D eigenvalue weighted by atomic mass is 10.0. The second kappa shape index (κ2) is 8.78. The third-order valence-corrected chi connectivity index (χ3v) is 5.49. The van der Waals surface area contributed by atoms with E-state index in [1.807, 2.05) is 31.2 Å². The molecule has 148 valence electrons. The molecular formula is C20H27F2N3O2. The normalized spacial score (nSPS) is 21.9. The highest BCUT2D eigenvalue weighted by Gasteiger charge is 2.36. The monoisotopic (exact) mass is 379 g/mol. The van der Waals surface area contributed by atoms with Gasteiger partial charge in [0, 0.05) is 37.8 Å². The van der Waals surface area contributed by atoms with Gasteiger partial charge in [-0.1, -0.05) is 25.1 Å². The molecule has 1 N–H and O–H groups in total. The van der Waals surface area contributed by atoms with Crippen molar-refractivity contribution in [2.75, 3.05) is 31.1 Å². The summed E-state index contributed by atoms with van der Waals surface area (Å²) in [5, 5.41) is 3.02. The topological polar surface area (TPSA) is 52.7 Å². The molecule has 1 aromatic carbocycles. The molecule has 2 amide bonds.